The Morgan fingerprint density at radius 2 is 1.67 bits per heavy atom. The molecule has 0 spiro atoms. The third-order valence-corrected chi connectivity index (χ3v) is 6.13. The van der Waals surface area contributed by atoms with E-state index in [4.69, 9.17) is 27.9 Å². The number of anilines is 1. The van der Waals surface area contributed by atoms with Crippen molar-refractivity contribution in [2.24, 2.45) is 0 Å². The van der Waals surface area contributed by atoms with E-state index < -0.39 is 47.0 Å². The maximum absolute atomic E-state index is 13.9. The van der Waals surface area contributed by atoms with E-state index in [0.717, 1.165) is 6.07 Å². The van der Waals surface area contributed by atoms with Crippen molar-refractivity contribution in [3.05, 3.63) is 92.7 Å². The predicted octanol–water partition coefficient (Wildman–Crippen LogP) is 5.87. The van der Waals surface area contributed by atoms with Gasteiger partial charge in [0, 0.05) is 16.1 Å². The van der Waals surface area contributed by atoms with Crippen LogP contribution in [0.25, 0.3) is 0 Å². The highest BCUT2D eigenvalue weighted by molar-refractivity contribution is 6.33. The molecule has 0 aromatic heterocycles. The first-order valence-electron chi connectivity index (χ1n) is 12.5. The van der Waals surface area contributed by atoms with Gasteiger partial charge >= 0.3 is 6.18 Å². The topological polar surface area (TPSA) is 96.5 Å². The molecule has 0 saturated carbocycles. The summed E-state index contributed by atoms with van der Waals surface area (Å²) < 4.78 is 58.8. The van der Waals surface area contributed by atoms with Crippen LogP contribution in [0, 0.1) is 17.7 Å². The molecule has 13 heteroatoms. The van der Waals surface area contributed by atoms with Crippen molar-refractivity contribution in [2.45, 2.75) is 25.6 Å². The monoisotopic (exact) mass is 637 g/mol. The Balaban J connectivity index is 1.71. The number of hydrogen-bond donors (Lipinski definition) is 3. The Bertz CT molecular complexity index is 1620. The molecular formula is C30H25Cl2F4N3O4. The molecule has 2 amide bonds. The normalized spacial score (nSPS) is 11.3. The van der Waals surface area contributed by atoms with Crippen LogP contribution >= 0.6 is 23.2 Å². The van der Waals surface area contributed by atoms with Crippen LogP contribution in [0.1, 0.15) is 40.9 Å². The van der Waals surface area contributed by atoms with Gasteiger partial charge in [-0.3, -0.25) is 14.4 Å². The molecule has 0 aliphatic rings. The van der Waals surface area contributed by atoms with Gasteiger partial charge in [0.15, 0.2) is 12.4 Å². The van der Waals surface area contributed by atoms with E-state index in [1.165, 1.54) is 24.3 Å². The number of rotatable bonds is 9. The summed E-state index contributed by atoms with van der Waals surface area (Å²) in [6, 6.07) is 9.82. The second kappa shape index (κ2) is 13.9. The lowest BCUT2D eigenvalue weighted by Crippen LogP contribution is -2.45. The lowest BCUT2D eigenvalue weighted by molar-refractivity contribution is -0.137. The highest BCUT2D eigenvalue weighted by Gasteiger charge is 2.32. The summed E-state index contributed by atoms with van der Waals surface area (Å²) in [4.78, 5) is 37.5. The molecular weight excluding hydrogens is 613 g/mol. The Morgan fingerprint density at radius 1 is 0.953 bits per heavy atom. The van der Waals surface area contributed by atoms with Gasteiger partial charge in [-0.25, -0.2) is 4.39 Å². The summed E-state index contributed by atoms with van der Waals surface area (Å²) in [6.07, 6.45) is -4.88. The maximum Gasteiger partial charge on any atom is 0.416 e. The van der Waals surface area contributed by atoms with Crippen molar-refractivity contribution in [3.63, 3.8) is 0 Å². The number of carbonyl (C=O) groups is 3. The lowest BCUT2D eigenvalue weighted by Gasteiger charge is -2.19. The zero-order valence-corrected chi connectivity index (χ0v) is 24.5. The number of alkyl halides is 3. The van der Waals surface area contributed by atoms with E-state index in [-0.39, 0.29) is 45.6 Å². The summed E-state index contributed by atoms with van der Waals surface area (Å²) in [5, 5.41) is 8.29. The van der Waals surface area contributed by atoms with Gasteiger partial charge < -0.3 is 20.7 Å². The van der Waals surface area contributed by atoms with E-state index in [1.54, 1.807) is 27.0 Å². The minimum atomic E-state index is -4.88. The molecule has 0 fully saturated rings. The Kier molecular flexibility index (Phi) is 10.8. The number of hydrogen-bond acceptors (Lipinski definition) is 5. The fourth-order valence-electron chi connectivity index (χ4n) is 3.68. The lowest BCUT2D eigenvalue weighted by atomic mass is 10.00. The van der Waals surface area contributed by atoms with Crippen molar-refractivity contribution >= 4 is 46.5 Å². The fourth-order valence-corrected chi connectivity index (χ4v) is 4.08. The molecule has 0 bridgehead atoms. The van der Waals surface area contributed by atoms with Crippen LogP contribution in [0.2, 0.25) is 10.0 Å². The quantitative estimate of drug-likeness (QED) is 0.155. The minimum absolute atomic E-state index is 0.0614. The maximum atomic E-state index is 13.9. The van der Waals surface area contributed by atoms with Crippen molar-refractivity contribution in [1.29, 1.82) is 0 Å². The molecule has 3 N–H and O–H groups in total. The highest BCUT2D eigenvalue weighted by Crippen LogP contribution is 2.32. The van der Waals surface area contributed by atoms with Crippen LogP contribution in [0.15, 0.2) is 54.6 Å². The predicted molar refractivity (Wildman–Crippen MR) is 155 cm³/mol. The van der Waals surface area contributed by atoms with Gasteiger partial charge in [0.25, 0.3) is 5.91 Å². The summed E-state index contributed by atoms with van der Waals surface area (Å²) >= 11 is 12.3. The third-order valence-electron chi connectivity index (χ3n) is 5.58. The van der Waals surface area contributed by atoms with Crippen LogP contribution < -0.4 is 20.7 Å². The van der Waals surface area contributed by atoms with Gasteiger partial charge in [0.2, 0.25) is 5.91 Å². The molecule has 0 heterocycles. The van der Waals surface area contributed by atoms with Gasteiger partial charge in [0.05, 0.1) is 33.9 Å². The van der Waals surface area contributed by atoms with Crippen molar-refractivity contribution in [2.75, 3.05) is 25.5 Å². The first-order chi connectivity index (χ1) is 20.1. The van der Waals surface area contributed by atoms with Gasteiger partial charge in [-0.1, -0.05) is 35.0 Å². The third kappa shape index (κ3) is 9.71. The van der Waals surface area contributed by atoms with Gasteiger partial charge in [-0.05, 0) is 75.5 Å². The smallest absolute Gasteiger partial charge is 0.416 e. The van der Waals surface area contributed by atoms with E-state index in [0.29, 0.717) is 17.7 Å². The summed E-state index contributed by atoms with van der Waals surface area (Å²) in [5.74, 6) is 2.55. The van der Waals surface area contributed by atoms with Gasteiger partial charge in [-0.15, -0.1) is 0 Å². The Hall–Kier alpha value is -4.11. The molecule has 0 aliphatic carbocycles. The molecule has 0 aliphatic heterocycles. The Labute approximate surface area is 254 Å². The second-order valence-electron chi connectivity index (χ2n) is 9.68. The molecule has 3 rings (SSSR count). The number of ketones is 1. The summed E-state index contributed by atoms with van der Waals surface area (Å²) in [6.45, 7) is 3.00. The zero-order valence-electron chi connectivity index (χ0n) is 23.0. The molecule has 226 valence electrons. The van der Waals surface area contributed by atoms with Crippen molar-refractivity contribution in [3.8, 4) is 17.6 Å². The van der Waals surface area contributed by atoms with Crippen LogP contribution in [0.3, 0.4) is 0 Å². The van der Waals surface area contributed by atoms with Crippen LogP contribution in [-0.2, 0) is 15.8 Å². The van der Waals surface area contributed by atoms with Crippen molar-refractivity contribution in [1.82, 2.24) is 10.6 Å². The average Bonchev–Trinajstić information content (AvgIpc) is 2.91. The fraction of sp³-hybridized carbons (Fsp3) is 0.233. The zero-order chi connectivity index (χ0) is 31.9. The summed E-state index contributed by atoms with van der Waals surface area (Å²) in [7, 11) is 1.65. The number of likely N-dealkylation sites (N-methyl/N-ethyl adjacent to an activating group) is 1. The first kappa shape index (κ1) is 33.4. The number of amides is 2. The molecule has 7 nitrogen and oxygen atoms in total. The molecule has 3 aromatic rings. The first-order valence-corrected chi connectivity index (χ1v) is 13.3. The minimum Gasteiger partial charge on any atom is -0.483 e. The van der Waals surface area contributed by atoms with Crippen LogP contribution in [-0.4, -0.2) is 43.3 Å². The molecule has 43 heavy (non-hydrogen) atoms. The summed E-state index contributed by atoms with van der Waals surface area (Å²) in [5.41, 5.74) is -2.26. The number of nitrogens with one attached hydrogen (secondary N) is 3. The Morgan fingerprint density at radius 3 is 2.33 bits per heavy atom. The number of halogens is 6. The van der Waals surface area contributed by atoms with E-state index in [9.17, 15) is 31.9 Å². The molecule has 0 saturated heterocycles. The highest BCUT2D eigenvalue weighted by atomic mass is 35.5. The SMILES string of the molecule is CNCC(=O)NC(C)(C)C#Cc1ccc(NC(=O)COc2ccc(Cl)cc2C(=O)c2cc(F)cc(C(F)(F)F)c2)c(Cl)c1. The molecule has 0 unspecified atom stereocenters. The standard InChI is InChI=1S/C30H25Cl2F4N3O4/c1-29(2,39-26(40)15-37-3)9-8-17-4-6-24(23(32)10-17)38-27(41)16-43-25-7-5-20(31)14-22(25)28(42)18-11-19(30(34,35)36)13-21(33)12-18/h4-7,10-14,37H,15-16H2,1-3H3,(H,38,41)(H,39,40). The van der Waals surface area contributed by atoms with Crippen molar-refractivity contribution < 1.29 is 36.7 Å². The van der Waals surface area contributed by atoms with Gasteiger partial charge in [0.1, 0.15) is 11.6 Å². The number of ether oxygens (including phenoxy) is 1. The molecule has 0 radical (unpaired) electrons. The van der Waals surface area contributed by atoms with E-state index >= 15 is 0 Å². The number of benzene rings is 3. The van der Waals surface area contributed by atoms with E-state index in [1.807, 2.05) is 0 Å². The van der Waals surface area contributed by atoms with E-state index in [2.05, 4.69) is 27.8 Å². The molecule has 3 aromatic carbocycles. The van der Waals surface area contributed by atoms with Crippen LogP contribution in [0.4, 0.5) is 23.2 Å². The van der Waals surface area contributed by atoms with Crippen LogP contribution in [0.5, 0.6) is 5.75 Å². The average molecular weight is 638 g/mol. The molecule has 0 atom stereocenters. The number of carbonyl (C=O) groups excluding carboxylic acids is 3. The largest absolute Gasteiger partial charge is 0.483 e. The second-order valence-corrected chi connectivity index (χ2v) is 10.5. The van der Waals surface area contributed by atoms with Gasteiger partial charge in [-0.2, -0.15) is 13.2 Å².